The zero-order valence-electron chi connectivity index (χ0n) is 18.4. The Morgan fingerprint density at radius 2 is 1.77 bits per heavy atom. The van der Waals surface area contributed by atoms with Crippen molar-refractivity contribution in [2.75, 3.05) is 53.6 Å². The van der Waals surface area contributed by atoms with Gasteiger partial charge in [-0.05, 0) is 30.5 Å². The van der Waals surface area contributed by atoms with E-state index >= 15 is 0 Å². The SMILES string of the molecule is CCC(CC)(CN)C(=O)NCC(c1ccc(OC)c(OC)c1)N1CCOCC1.Cl.Cl. The molecule has 1 aromatic carbocycles. The monoisotopic (exact) mass is 465 g/mol. The molecular weight excluding hydrogens is 429 g/mol. The van der Waals surface area contributed by atoms with Crippen molar-refractivity contribution in [3.05, 3.63) is 23.8 Å². The van der Waals surface area contributed by atoms with E-state index in [1.807, 2.05) is 32.0 Å². The molecule has 1 saturated heterocycles. The second-order valence-electron chi connectivity index (χ2n) is 7.18. The number of ether oxygens (including phenoxy) is 3. The number of nitrogens with two attached hydrogens (primary N) is 1. The number of amides is 1. The quantitative estimate of drug-likeness (QED) is 0.552. The fourth-order valence-corrected chi connectivity index (χ4v) is 3.74. The topological polar surface area (TPSA) is 86.1 Å². The average Bonchev–Trinajstić information content (AvgIpc) is 2.76. The lowest BCUT2D eigenvalue weighted by Crippen LogP contribution is -2.49. The molecule has 7 nitrogen and oxygen atoms in total. The fourth-order valence-electron chi connectivity index (χ4n) is 3.74. The second-order valence-corrected chi connectivity index (χ2v) is 7.18. The lowest BCUT2D eigenvalue weighted by atomic mass is 9.81. The van der Waals surface area contributed by atoms with Crippen LogP contribution >= 0.6 is 24.8 Å². The Morgan fingerprint density at radius 1 is 1.17 bits per heavy atom. The van der Waals surface area contributed by atoms with Crippen molar-refractivity contribution in [2.24, 2.45) is 11.1 Å². The molecule has 0 bridgehead atoms. The smallest absolute Gasteiger partial charge is 0.227 e. The van der Waals surface area contributed by atoms with E-state index in [4.69, 9.17) is 19.9 Å². The van der Waals surface area contributed by atoms with Gasteiger partial charge < -0.3 is 25.3 Å². The molecule has 1 aromatic rings. The molecule has 1 aliphatic heterocycles. The predicted octanol–water partition coefficient (Wildman–Crippen LogP) is 2.80. The summed E-state index contributed by atoms with van der Waals surface area (Å²) in [6.45, 7) is 7.91. The molecule has 0 radical (unpaired) electrons. The number of benzene rings is 1. The summed E-state index contributed by atoms with van der Waals surface area (Å²) >= 11 is 0. The van der Waals surface area contributed by atoms with E-state index in [1.165, 1.54) is 0 Å². The lowest BCUT2D eigenvalue weighted by molar-refractivity contribution is -0.131. The van der Waals surface area contributed by atoms with Gasteiger partial charge in [-0.25, -0.2) is 0 Å². The van der Waals surface area contributed by atoms with Crippen molar-refractivity contribution < 1.29 is 19.0 Å². The molecule has 1 heterocycles. The van der Waals surface area contributed by atoms with Gasteiger partial charge in [0.05, 0.1) is 38.9 Å². The largest absolute Gasteiger partial charge is 0.493 e. The molecule has 9 heteroatoms. The van der Waals surface area contributed by atoms with Crippen LogP contribution in [0.4, 0.5) is 0 Å². The van der Waals surface area contributed by atoms with Gasteiger partial charge in [-0.2, -0.15) is 0 Å². The van der Waals surface area contributed by atoms with Crippen LogP contribution in [0.15, 0.2) is 18.2 Å². The maximum Gasteiger partial charge on any atom is 0.227 e. The molecule has 1 aliphatic rings. The van der Waals surface area contributed by atoms with E-state index in [0.717, 1.165) is 31.5 Å². The van der Waals surface area contributed by atoms with Gasteiger partial charge >= 0.3 is 0 Å². The number of nitrogens with one attached hydrogen (secondary N) is 1. The van der Waals surface area contributed by atoms with Crippen LogP contribution in [-0.4, -0.2) is 64.4 Å². The zero-order valence-corrected chi connectivity index (χ0v) is 20.1. The number of methoxy groups -OCH3 is 2. The van der Waals surface area contributed by atoms with E-state index in [2.05, 4.69) is 10.2 Å². The standard InChI is InChI=1S/C21H35N3O4.2ClH/c1-5-21(6-2,15-22)20(25)23-14-17(24-9-11-28-12-10-24)16-7-8-18(26-3)19(13-16)27-4;;/h7-8,13,17H,5-6,9-12,14-15,22H2,1-4H3,(H,23,25);2*1H. The van der Waals surface area contributed by atoms with Crippen LogP contribution < -0.4 is 20.5 Å². The molecule has 3 N–H and O–H groups in total. The Balaban J connectivity index is 0.00000420. The molecule has 0 aliphatic carbocycles. The van der Waals surface area contributed by atoms with Crippen LogP contribution in [0, 0.1) is 5.41 Å². The zero-order chi connectivity index (χ0) is 20.6. The first-order valence-corrected chi connectivity index (χ1v) is 10.1. The van der Waals surface area contributed by atoms with Gasteiger partial charge in [-0.3, -0.25) is 9.69 Å². The molecule has 1 amide bonds. The van der Waals surface area contributed by atoms with Gasteiger partial charge in [0.2, 0.25) is 5.91 Å². The van der Waals surface area contributed by atoms with Crippen LogP contribution in [0.1, 0.15) is 38.3 Å². The number of carbonyl (C=O) groups is 1. The Morgan fingerprint density at radius 3 is 2.27 bits per heavy atom. The van der Waals surface area contributed by atoms with E-state index in [0.29, 0.717) is 37.8 Å². The maximum atomic E-state index is 12.9. The molecule has 1 fully saturated rings. The minimum Gasteiger partial charge on any atom is -0.493 e. The van der Waals surface area contributed by atoms with Crippen LogP contribution in [0.2, 0.25) is 0 Å². The predicted molar refractivity (Wildman–Crippen MR) is 124 cm³/mol. The van der Waals surface area contributed by atoms with Crippen molar-refractivity contribution in [1.29, 1.82) is 0 Å². The molecule has 0 aromatic heterocycles. The van der Waals surface area contributed by atoms with Crippen LogP contribution in [0.5, 0.6) is 11.5 Å². The highest BCUT2D eigenvalue weighted by molar-refractivity contribution is 5.85. The highest BCUT2D eigenvalue weighted by atomic mass is 35.5. The third-order valence-corrected chi connectivity index (χ3v) is 5.96. The molecule has 174 valence electrons. The maximum absolute atomic E-state index is 12.9. The van der Waals surface area contributed by atoms with Crippen molar-refractivity contribution in [2.45, 2.75) is 32.7 Å². The number of hydrogen-bond donors (Lipinski definition) is 2. The number of halogens is 2. The van der Waals surface area contributed by atoms with Gasteiger partial charge in [0.15, 0.2) is 11.5 Å². The molecule has 0 saturated carbocycles. The van der Waals surface area contributed by atoms with Crippen molar-refractivity contribution in [3.63, 3.8) is 0 Å². The van der Waals surface area contributed by atoms with Gasteiger partial charge in [0, 0.05) is 26.2 Å². The summed E-state index contributed by atoms with van der Waals surface area (Å²) in [5.74, 6) is 1.40. The molecular formula is C21H37Cl2N3O4. The summed E-state index contributed by atoms with van der Waals surface area (Å²) in [6.07, 6.45) is 1.45. The molecule has 2 rings (SSSR count). The highest BCUT2D eigenvalue weighted by Gasteiger charge is 2.34. The lowest BCUT2D eigenvalue weighted by Gasteiger charge is -2.36. The molecule has 0 spiro atoms. The van der Waals surface area contributed by atoms with E-state index < -0.39 is 5.41 Å². The second kappa shape index (κ2) is 13.9. The fraction of sp³-hybridized carbons (Fsp3) is 0.667. The number of nitrogens with zero attached hydrogens (tertiary/aromatic N) is 1. The van der Waals surface area contributed by atoms with Crippen LogP contribution in [0.25, 0.3) is 0 Å². The third-order valence-electron chi connectivity index (χ3n) is 5.96. The Hall–Kier alpha value is -1.25. The van der Waals surface area contributed by atoms with Gasteiger partial charge in [-0.15, -0.1) is 24.8 Å². The van der Waals surface area contributed by atoms with Gasteiger partial charge in [0.25, 0.3) is 0 Å². The van der Waals surface area contributed by atoms with E-state index in [9.17, 15) is 4.79 Å². The summed E-state index contributed by atoms with van der Waals surface area (Å²) < 4.78 is 16.3. The first-order chi connectivity index (χ1) is 13.5. The first-order valence-electron chi connectivity index (χ1n) is 10.1. The number of morpholine rings is 1. The minimum absolute atomic E-state index is 0. The number of hydrogen-bond acceptors (Lipinski definition) is 6. The molecule has 30 heavy (non-hydrogen) atoms. The van der Waals surface area contributed by atoms with Crippen molar-refractivity contribution in [1.82, 2.24) is 10.2 Å². The number of carbonyl (C=O) groups excluding carboxylic acids is 1. The first kappa shape index (κ1) is 28.8. The summed E-state index contributed by atoms with van der Waals surface area (Å²) in [4.78, 5) is 15.3. The summed E-state index contributed by atoms with van der Waals surface area (Å²) in [6, 6.07) is 5.95. The molecule has 1 unspecified atom stereocenters. The Labute approximate surface area is 192 Å². The van der Waals surface area contributed by atoms with E-state index in [-0.39, 0.29) is 36.8 Å². The van der Waals surface area contributed by atoms with Crippen LogP contribution in [-0.2, 0) is 9.53 Å². The van der Waals surface area contributed by atoms with Crippen molar-refractivity contribution >= 4 is 30.7 Å². The van der Waals surface area contributed by atoms with Gasteiger partial charge in [-0.1, -0.05) is 19.9 Å². The minimum atomic E-state index is -0.507. The summed E-state index contributed by atoms with van der Waals surface area (Å²) in [5.41, 5.74) is 6.51. The number of rotatable bonds is 10. The molecule has 1 atom stereocenters. The highest BCUT2D eigenvalue weighted by Crippen LogP contribution is 2.32. The summed E-state index contributed by atoms with van der Waals surface area (Å²) in [5, 5.41) is 3.16. The summed E-state index contributed by atoms with van der Waals surface area (Å²) in [7, 11) is 3.25. The van der Waals surface area contributed by atoms with Crippen LogP contribution in [0.3, 0.4) is 0 Å². The van der Waals surface area contributed by atoms with E-state index in [1.54, 1.807) is 14.2 Å². The van der Waals surface area contributed by atoms with Gasteiger partial charge in [0.1, 0.15) is 0 Å². The Kier molecular flexibility index (Phi) is 13.4. The Bertz CT molecular complexity index is 630. The third kappa shape index (κ3) is 6.62. The van der Waals surface area contributed by atoms with Crippen molar-refractivity contribution in [3.8, 4) is 11.5 Å². The normalized spacial score (nSPS) is 15.4. The average molecular weight is 466 g/mol.